The van der Waals surface area contributed by atoms with Gasteiger partial charge in [-0.2, -0.15) is 9.49 Å². The van der Waals surface area contributed by atoms with Crippen LogP contribution >= 0.6 is 0 Å². The van der Waals surface area contributed by atoms with Crippen LogP contribution in [0.5, 0.6) is 0 Å². The highest BCUT2D eigenvalue weighted by molar-refractivity contribution is 5.78. The van der Waals surface area contributed by atoms with E-state index >= 15 is 0 Å². The van der Waals surface area contributed by atoms with Crippen molar-refractivity contribution in [2.75, 3.05) is 31.1 Å². The molecule has 144 valence electrons. The van der Waals surface area contributed by atoms with Crippen LogP contribution in [-0.4, -0.2) is 50.5 Å². The molecule has 1 aliphatic rings. The van der Waals surface area contributed by atoms with Crippen LogP contribution in [0.25, 0.3) is 11.0 Å². The molecular weight excluding hydrogens is 361 g/mol. The van der Waals surface area contributed by atoms with Crippen LogP contribution in [0.3, 0.4) is 0 Å². The zero-order chi connectivity index (χ0) is 19.5. The van der Waals surface area contributed by atoms with E-state index in [-0.39, 0.29) is 12.1 Å². The van der Waals surface area contributed by atoms with Crippen molar-refractivity contribution < 1.29 is 4.39 Å². The minimum atomic E-state index is -0.591. The smallest absolute Gasteiger partial charge is 0.294 e. The summed E-state index contributed by atoms with van der Waals surface area (Å²) in [6.07, 6.45) is 2.21. The van der Waals surface area contributed by atoms with Gasteiger partial charge in [0.25, 0.3) is 5.56 Å². The van der Waals surface area contributed by atoms with E-state index in [1.807, 2.05) is 6.92 Å². The molecule has 0 saturated carbocycles. The van der Waals surface area contributed by atoms with Gasteiger partial charge in [-0.1, -0.05) is 18.9 Å². The predicted octanol–water partition coefficient (Wildman–Crippen LogP) is 0.804. The number of halogens is 1. The van der Waals surface area contributed by atoms with E-state index in [9.17, 15) is 9.18 Å². The quantitative estimate of drug-likeness (QED) is 0.534. The third-order valence-corrected chi connectivity index (χ3v) is 4.50. The average Bonchev–Trinajstić information content (AvgIpc) is 3.08. The molecule has 0 atom stereocenters. The minimum absolute atomic E-state index is 0.0713. The number of hydrogen-bond donors (Lipinski definition) is 1. The lowest BCUT2D eigenvalue weighted by atomic mass is 10.3. The summed E-state index contributed by atoms with van der Waals surface area (Å²) in [7, 11) is 0. The Bertz CT molecular complexity index is 1120. The lowest BCUT2D eigenvalue weighted by molar-refractivity contribution is 0.562. The minimum Gasteiger partial charge on any atom is -0.339 e. The van der Waals surface area contributed by atoms with Crippen LogP contribution in [0, 0.1) is 17.9 Å². The first-order chi connectivity index (χ1) is 13.7. The number of aromatic nitrogens is 5. The largest absolute Gasteiger partial charge is 0.339 e. The average molecular weight is 381 g/mol. The highest BCUT2D eigenvalue weighted by atomic mass is 19.1. The third-order valence-electron chi connectivity index (χ3n) is 4.50. The molecule has 0 aromatic carbocycles. The number of rotatable bonds is 3. The second-order valence-electron chi connectivity index (χ2n) is 6.42. The van der Waals surface area contributed by atoms with E-state index < -0.39 is 5.95 Å². The van der Waals surface area contributed by atoms with E-state index in [1.165, 1.54) is 10.7 Å². The van der Waals surface area contributed by atoms with Crippen LogP contribution in [-0.2, 0) is 6.54 Å². The maximum absolute atomic E-state index is 13.4. The predicted molar refractivity (Wildman–Crippen MR) is 104 cm³/mol. The van der Waals surface area contributed by atoms with Gasteiger partial charge in [0.05, 0.1) is 18.4 Å². The number of piperazine rings is 1. The Morgan fingerprint density at radius 3 is 2.82 bits per heavy atom. The molecule has 0 spiro atoms. The van der Waals surface area contributed by atoms with Crippen molar-refractivity contribution in [3.63, 3.8) is 0 Å². The first-order valence-electron chi connectivity index (χ1n) is 9.22. The van der Waals surface area contributed by atoms with Crippen molar-refractivity contribution in [3.8, 4) is 12.0 Å². The van der Waals surface area contributed by atoms with Crippen LogP contribution < -0.4 is 15.8 Å². The van der Waals surface area contributed by atoms with Gasteiger partial charge in [0.2, 0.25) is 11.9 Å². The van der Waals surface area contributed by atoms with Crippen molar-refractivity contribution in [1.82, 2.24) is 29.6 Å². The molecule has 0 radical (unpaired) electrons. The van der Waals surface area contributed by atoms with E-state index in [1.54, 1.807) is 22.9 Å². The normalized spacial score (nSPS) is 14.1. The topological polar surface area (TPSA) is 80.9 Å². The number of nitrogens with zero attached hydrogens (tertiary/aromatic N) is 6. The summed E-state index contributed by atoms with van der Waals surface area (Å²) in [4.78, 5) is 23.7. The number of pyridine rings is 1. The maximum Gasteiger partial charge on any atom is 0.294 e. The Labute approximate surface area is 161 Å². The zero-order valence-corrected chi connectivity index (χ0v) is 15.5. The maximum atomic E-state index is 13.4. The number of anilines is 1. The SMILES string of the molecule is CCC#Cn1c(N2CCNCC2)nc2cnn(Cc3cccc(F)n3)c(=O)c21. The van der Waals surface area contributed by atoms with Gasteiger partial charge in [-0.05, 0) is 12.1 Å². The van der Waals surface area contributed by atoms with Crippen molar-refractivity contribution in [2.45, 2.75) is 19.9 Å². The number of hydrogen-bond acceptors (Lipinski definition) is 6. The number of imidazole rings is 1. The fraction of sp³-hybridized carbons (Fsp3) is 0.368. The molecule has 8 nitrogen and oxygen atoms in total. The zero-order valence-electron chi connectivity index (χ0n) is 15.5. The summed E-state index contributed by atoms with van der Waals surface area (Å²) in [6.45, 7) is 5.28. The first-order valence-corrected chi connectivity index (χ1v) is 9.22. The first kappa shape index (κ1) is 18.1. The molecule has 1 fully saturated rings. The van der Waals surface area contributed by atoms with Crippen molar-refractivity contribution in [1.29, 1.82) is 0 Å². The van der Waals surface area contributed by atoms with Gasteiger partial charge >= 0.3 is 0 Å². The summed E-state index contributed by atoms with van der Waals surface area (Å²) in [6, 6.07) is 7.52. The molecule has 9 heteroatoms. The van der Waals surface area contributed by atoms with E-state index in [4.69, 9.17) is 0 Å². The summed E-state index contributed by atoms with van der Waals surface area (Å²) >= 11 is 0. The van der Waals surface area contributed by atoms with Gasteiger partial charge in [0.15, 0.2) is 5.52 Å². The molecule has 0 aliphatic carbocycles. The Morgan fingerprint density at radius 1 is 1.25 bits per heavy atom. The van der Waals surface area contributed by atoms with Crippen LogP contribution in [0.2, 0.25) is 0 Å². The summed E-state index contributed by atoms with van der Waals surface area (Å²) in [5, 5.41) is 7.50. The Morgan fingerprint density at radius 2 is 2.07 bits per heavy atom. The molecule has 0 unspecified atom stereocenters. The van der Waals surface area contributed by atoms with Gasteiger partial charge in [0.1, 0.15) is 5.52 Å². The third kappa shape index (κ3) is 3.46. The van der Waals surface area contributed by atoms with Crippen LogP contribution in [0.15, 0.2) is 29.2 Å². The van der Waals surface area contributed by atoms with Gasteiger partial charge in [0, 0.05) is 38.6 Å². The Hall–Kier alpha value is -3.25. The molecule has 0 bridgehead atoms. The lowest BCUT2D eigenvalue weighted by Crippen LogP contribution is -2.44. The molecule has 1 N–H and O–H groups in total. The van der Waals surface area contributed by atoms with Crippen molar-refractivity contribution in [3.05, 3.63) is 46.4 Å². The Balaban J connectivity index is 1.82. The molecule has 4 rings (SSSR count). The van der Waals surface area contributed by atoms with Gasteiger partial charge in [-0.15, -0.1) is 0 Å². The standard InChI is InChI=1S/C19H20FN7O/c1-2-3-9-26-17-15(24-19(26)25-10-7-21-8-11-25)12-22-27(18(17)28)13-14-5-4-6-16(20)23-14/h4-6,12,21H,2,7-8,10-11,13H2,1H3. The van der Waals surface area contributed by atoms with Crippen LogP contribution in [0.4, 0.5) is 10.3 Å². The molecule has 3 aromatic rings. The van der Waals surface area contributed by atoms with Crippen LogP contribution in [0.1, 0.15) is 19.0 Å². The number of nitrogens with one attached hydrogen (secondary N) is 1. The van der Waals surface area contributed by atoms with Crippen molar-refractivity contribution in [2.24, 2.45) is 0 Å². The van der Waals surface area contributed by atoms with Gasteiger partial charge in [-0.3, -0.25) is 4.79 Å². The highest BCUT2D eigenvalue weighted by Gasteiger charge is 2.21. The summed E-state index contributed by atoms with van der Waals surface area (Å²) in [5.41, 5.74) is 0.957. The molecule has 1 aliphatic heterocycles. The van der Waals surface area contributed by atoms with E-state index in [2.05, 4.69) is 37.2 Å². The van der Waals surface area contributed by atoms with E-state index in [0.717, 1.165) is 26.2 Å². The molecule has 28 heavy (non-hydrogen) atoms. The van der Waals surface area contributed by atoms with E-state index in [0.29, 0.717) is 29.1 Å². The highest BCUT2D eigenvalue weighted by Crippen LogP contribution is 2.19. The van der Waals surface area contributed by atoms with Gasteiger partial charge in [-0.25, -0.2) is 19.2 Å². The second kappa shape index (κ2) is 7.78. The monoisotopic (exact) mass is 381 g/mol. The molecule has 3 aromatic heterocycles. The van der Waals surface area contributed by atoms with Gasteiger partial charge < -0.3 is 10.2 Å². The fourth-order valence-corrected chi connectivity index (χ4v) is 3.16. The summed E-state index contributed by atoms with van der Waals surface area (Å²) in [5.74, 6) is 3.09. The molecule has 1 saturated heterocycles. The fourth-order valence-electron chi connectivity index (χ4n) is 3.16. The van der Waals surface area contributed by atoms with Crippen molar-refractivity contribution >= 4 is 17.0 Å². The number of fused-ring (bicyclic) bond motifs is 1. The Kier molecular flexibility index (Phi) is 5.04. The molecule has 4 heterocycles. The second-order valence-corrected chi connectivity index (χ2v) is 6.42. The summed E-state index contributed by atoms with van der Waals surface area (Å²) < 4.78 is 16.3. The lowest BCUT2D eigenvalue weighted by Gasteiger charge is -2.27. The molecular formula is C19H20FN7O. The molecule has 0 amide bonds.